The number of benzene rings is 1. The molecule has 0 aliphatic heterocycles. The predicted molar refractivity (Wildman–Crippen MR) is 84.3 cm³/mol. The molecular weight excluding hydrogens is 319 g/mol. The van der Waals surface area contributed by atoms with Crippen molar-refractivity contribution in [3.63, 3.8) is 0 Å². The topological polar surface area (TPSA) is 46.9 Å². The van der Waals surface area contributed by atoms with Crippen molar-refractivity contribution in [1.82, 2.24) is 15.1 Å². The van der Waals surface area contributed by atoms with Crippen molar-refractivity contribution in [3.8, 4) is 0 Å². The zero-order valence-corrected chi connectivity index (χ0v) is 13.8. The lowest BCUT2D eigenvalue weighted by molar-refractivity contribution is -0.144. The Hall–Kier alpha value is -2.31. The van der Waals surface area contributed by atoms with Crippen LogP contribution in [-0.2, 0) is 17.5 Å². The summed E-state index contributed by atoms with van der Waals surface area (Å²) in [6, 6.07) is 8.37. The van der Waals surface area contributed by atoms with Crippen LogP contribution in [-0.4, -0.2) is 15.7 Å². The molecule has 1 atom stereocenters. The molecular formula is C17H20F3N3O. The van der Waals surface area contributed by atoms with E-state index in [0.29, 0.717) is 11.1 Å². The van der Waals surface area contributed by atoms with Gasteiger partial charge in [0.2, 0.25) is 5.91 Å². The van der Waals surface area contributed by atoms with E-state index in [0.717, 1.165) is 17.2 Å². The predicted octanol–water partition coefficient (Wildman–Crippen LogP) is 3.79. The average Bonchev–Trinajstić information content (AvgIpc) is 2.86. The first-order chi connectivity index (χ1) is 11.2. The van der Waals surface area contributed by atoms with Gasteiger partial charge in [0, 0.05) is 0 Å². The second kappa shape index (κ2) is 7.07. The lowest BCUT2D eigenvalue weighted by Crippen LogP contribution is -2.32. The summed E-state index contributed by atoms with van der Waals surface area (Å²) in [5.41, 5.74) is 1.32. The van der Waals surface area contributed by atoms with Crippen molar-refractivity contribution >= 4 is 5.91 Å². The number of carbonyl (C=O) groups is 1. The van der Waals surface area contributed by atoms with Crippen LogP contribution in [0, 0.1) is 13.8 Å². The Morgan fingerprint density at radius 2 is 1.88 bits per heavy atom. The molecule has 0 aliphatic rings. The van der Waals surface area contributed by atoms with Crippen LogP contribution in [0.1, 0.15) is 41.9 Å². The lowest BCUT2D eigenvalue weighted by Gasteiger charge is -2.18. The molecule has 24 heavy (non-hydrogen) atoms. The number of carbonyl (C=O) groups excluding carboxylic acids is 1. The van der Waals surface area contributed by atoms with Gasteiger partial charge in [-0.3, -0.25) is 9.48 Å². The molecule has 1 amide bonds. The number of amides is 1. The van der Waals surface area contributed by atoms with Crippen LogP contribution in [0.25, 0.3) is 0 Å². The maximum Gasteiger partial charge on any atom is 0.433 e. The van der Waals surface area contributed by atoms with Gasteiger partial charge in [-0.2, -0.15) is 18.3 Å². The number of rotatable bonds is 5. The van der Waals surface area contributed by atoms with E-state index in [2.05, 4.69) is 10.4 Å². The molecule has 0 aliphatic carbocycles. The monoisotopic (exact) mass is 339 g/mol. The zero-order valence-electron chi connectivity index (χ0n) is 13.8. The van der Waals surface area contributed by atoms with Crippen LogP contribution in [0.15, 0.2) is 30.3 Å². The van der Waals surface area contributed by atoms with Gasteiger partial charge in [-0.1, -0.05) is 36.8 Å². The molecule has 0 saturated heterocycles. The fraction of sp³-hybridized carbons (Fsp3) is 0.412. The van der Waals surface area contributed by atoms with E-state index in [-0.39, 0.29) is 11.7 Å². The molecule has 4 nitrogen and oxygen atoms in total. The minimum atomic E-state index is -4.54. The second-order valence-corrected chi connectivity index (χ2v) is 5.77. The standard InChI is InChI=1S/C17H20F3N3O/c1-4-14(13-7-5-11(2)6-8-13)21-16(24)10-23-15(17(18,19)20)9-12(3)22-23/h5-9,14H,4,10H2,1-3H3,(H,21,24). The molecule has 0 bridgehead atoms. The Balaban J connectivity index is 2.11. The van der Waals surface area contributed by atoms with Crippen molar-refractivity contribution in [2.75, 3.05) is 0 Å². The maximum atomic E-state index is 13.0. The van der Waals surface area contributed by atoms with Crippen LogP contribution >= 0.6 is 0 Å². The first-order valence-corrected chi connectivity index (χ1v) is 7.68. The van der Waals surface area contributed by atoms with Gasteiger partial charge in [-0.25, -0.2) is 0 Å². The van der Waals surface area contributed by atoms with Crippen molar-refractivity contribution in [1.29, 1.82) is 0 Å². The van der Waals surface area contributed by atoms with E-state index in [1.54, 1.807) is 0 Å². The Morgan fingerprint density at radius 3 is 2.42 bits per heavy atom. The van der Waals surface area contributed by atoms with Crippen LogP contribution in [0.5, 0.6) is 0 Å². The number of halogens is 3. The first-order valence-electron chi connectivity index (χ1n) is 7.68. The van der Waals surface area contributed by atoms with Gasteiger partial charge in [0.15, 0.2) is 0 Å². The summed E-state index contributed by atoms with van der Waals surface area (Å²) in [4.78, 5) is 12.2. The number of hydrogen-bond acceptors (Lipinski definition) is 2. The normalized spacial score (nSPS) is 12.9. The zero-order chi connectivity index (χ0) is 17.9. The smallest absolute Gasteiger partial charge is 0.348 e. The van der Waals surface area contributed by atoms with Gasteiger partial charge in [0.05, 0.1) is 11.7 Å². The van der Waals surface area contributed by atoms with Gasteiger partial charge in [-0.15, -0.1) is 0 Å². The lowest BCUT2D eigenvalue weighted by atomic mass is 10.0. The Kier molecular flexibility index (Phi) is 5.31. The van der Waals surface area contributed by atoms with E-state index in [1.807, 2.05) is 38.1 Å². The largest absolute Gasteiger partial charge is 0.433 e. The average molecular weight is 339 g/mol. The summed E-state index contributed by atoms with van der Waals surface area (Å²) in [7, 11) is 0. The second-order valence-electron chi connectivity index (χ2n) is 5.77. The molecule has 1 aromatic carbocycles. The third kappa shape index (κ3) is 4.37. The fourth-order valence-corrected chi connectivity index (χ4v) is 2.49. The molecule has 0 spiro atoms. The molecule has 0 radical (unpaired) electrons. The maximum absolute atomic E-state index is 13.0. The van der Waals surface area contributed by atoms with Gasteiger partial charge in [0.25, 0.3) is 0 Å². The van der Waals surface area contributed by atoms with Crippen molar-refractivity contribution in [2.24, 2.45) is 0 Å². The van der Waals surface area contributed by atoms with Crippen molar-refractivity contribution in [3.05, 3.63) is 52.8 Å². The van der Waals surface area contributed by atoms with E-state index >= 15 is 0 Å². The van der Waals surface area contributed by atoms with Crippen LogP contribution < -0.4 is 5.32 Å². The molecule has 1 heterocycles. The number of nitrogens with zero attached hydrogens (tertiary/aromatic N) is 2. The fourth-order valence-electron chi connectivity index (χ4n) is 2.49. The molecule has 0 fully saturated rings. The van der Waals surface area contributed by atoms with Crippen LogP contribution in [0.4, 0.5) is 13.2 Å². The summed E-state index contributed by atoms with van der Waals surface area (Å²) in [6.07, 6.45) is -3.90. The molecule has 2 aromatic rings. The molecule has 7 heteroatoms. The Morgan fingerprint density at radius 1 is 1.25 bits per heavy atom. The van der Waals surface area contributed by atoms with E-state index in [9.17, 15) is 18.0 Å². The quantitative estimate of drug-likeness (QED) is 0.901. The summed E-state index contributed by atoms with van der Waals surface area (Å²) in [5.74, 6) is -0.504. The van der Waals surface area contributed by atoms with E-state index in [4.69, 9.17) is 0 Å². The summed E-state index contributed by atoms with van der Waals surface area (Å²) >= 11 is 0. The highest BCUT2D eigenvalue weighted by Crippen LogP contribution is 2.29. The van der Waals surface area contributed by atoms with Crippen molar-refractivity contribution < 1.29 is 18.0 Å². The van der Waals surface area contributed by atoms with Crippen LogP contribution in [0.3, 0.4) is 0 Å². The summed E-state index contributed by atoms with van der Waals surface area (Å²) < 4.78 is 39.6. The minimum Gasteiger partial charge on any atom is -0.348 e. The highest BCUT2D eigenvalue weighted by Gasteiger charge is 2.35. The highest BCUT2D eigenvalue weighted by atomic mass is 19.4. The number of nitrogens with one attached hydrogen (secondary N) is 1. The number of alkyl halides is 3. The van der Waals surface area contributed by atoms with E-state index < -0.39 is 24.3 Å². The minimum absolute atomic E-state index is 0.223. The molecule has 1 aromatic heterocycles. The number of aromatic nitrogens is 2. The molecule has 1 unspecified atom stereocenters. The molecule has 2 rings (SSSR count). The summed E-state index contributed by atoms with van der Waals surface area (Å²) in [6.45, 7) is 4.86. The highest BCUT2D eigenvalue weighted by molar-refractivity contribution is 5.76. The Bertz CT molecular complexity index is 705. The van der Waals surface area contributed by atoms with Gasteiger partial charge in [0.1, 0.15) is 12.2 Å². The van der Waals surface area contributed by atoms with Gasteiger partial charge in [-0.05, 0) is 31.9 Å². The number of hydrogen-bond donors (Lipinski definition) is 1. The van der Waals surface area contributed by atoms with E-state index in [1.165, 1.54) is 6.92 Å². The van der Waals surface area contributed by atoms with Gasteiger partial charge >= 0.3 is 6.18 Å². The molecule has 1 N–H and O–H groups in total. The third-order valence-corrected chi connectivity index (χ3v) is 3.71. The van der Waals surface area contributed by atoms with Gasteiger partial charge < -0.3 is 5.32 Å². The first kappa shape index (κ1) is 18.0. The summed E-state index contributed by atoms with van der Waals surface area (Å²) in [5, 5.41) is 6.54. The number of aryl methyl sites for hydroxylation is 2. The Labute approximate surface area is 138 Å². The third-order valence-electron chi connectivity index (χ3n) is 3.71. The molecule has 130 valence electrons. The van der Waals surface area contributed by atoms with Crippen molar-refractivity contribution in [2.45, 2.75) is 46.0 Å². The SMILES string of the molecule is CCC(NC(=O)Cn1nc(C)cc1C(F)(F)F)c1ccc(C)cc1. The molecule has 0 saturated carbocycles. The van der Waals surface area contributed by atoms with Crippen LogP contribution in [0.2, 0.25) is 0 Å².